The van der Waals surface area contributed by atoms with Crippen molar-refractivity contribution in [1.29, 1.82) is 0 Å². The second-order valence-electron chi connectivity index (χ2n) is 7.23. The molecule has 144 valence electrons. The standard InChI is InChI=1S/C24H25NO3/c1-16-4-7-19(8-5-16)14-25(15-20-12-17(2)6-10-23(20)27)21-9-11-24(28)22(13-21)18(3)26/h4-13,27-28H,14-15H2,1-3H3. The fourth-order valence-electron chi connectivity index (χ4n) is 3.20. The van der Waals surface area contributed by atoms with Crippen LogP contribution in [-0.2, 0) is 13.1 Å². The number of nitrogens with zero attached hydrogens (tertiary/aromatic N) is 1. The van der Waals surface area contributed by atoms with Crippen LogP contribution < -0.4 is 4.90 Å². The van der Waals surface area contributed by atoms with E-state index in [0.717, 1.165) is 22.4 Å². The maximum Gasteiger partial charge on any atom is 0.163 e. The van der Waals surface area contributed by atoms with Crippen LogP contribution in [0.5, 0.6) is 11.5 Å². The maximum atomic E-state index is 11.9. The van der Waals surface area contributed by atoms with Crippen molar-refractivity contribution in [3.63, 3.8) is 0 Å². The third-order valence-electron chi connectivity index (χ3n) is 4.81. The maximum absolute atomic E-state index is 11.9. The highest BCUT2D eigenvalue weighted by molar-refractivity contribution is 5.97. The van der Waals surface area contributed by atoms with Gasteiger partial charge in [0.25, 0.3) is 0 Å². The van der Waals surface area contributed by atoms with Gasteiger partial charge in [-0.25, -0.2) is 0 Å². The van der Waals surface area contributed by atoms with Crippen LogP contribution in [0.1, 0.15) is 39.5 Å². The Balaban J connectivity index is 2.00. The summed E-state index contributed by atoms with van der Waals surface area (Å²) < 4.78 is 0. The molecule has 3 rings (SSSR count). The van der Waals surface area contributed by atoms with Crippen LogP contribution in [0, 0.1) is 13.8 Å². The van der Waals surface area contributed by atoms with E-state index in [9.17, 15) is 15.0 Å². The minimum atomic E-state index is -0.187. The van der Waals surface area contributed by atoms with Gasteiger partial charge in [0.2, 0.25) is 0 Å². The smallest absolute Gasteiger partial charge is 0.163 e. The fraction of sp³-hybridized carbons (Fsp3) is 0.208. The van der Waals surface area contributed by atoms with Crippen molar-refractivity contribution in [2.75, 3.05) is 4.90 Å². The number of phenols is 2. The Bertz CT molecular complexity index is 993. The Morgan fingerprint density at radius 3 is 2.14 bits per heavy atom. The summed E-state index contributed by atoms with van der Waals surface area (Å²) in [5, 5.41) is 20.3. The van der Waals surface area contributed by atoms with E-state index >= 15 is 0 Å². The van der Waals surface area contributed by atoms with Gasteiger partial charge >= 0.3 is 0 Å². The number of aromatic hydroxyl groups is 2. The predicted molar refractivity (Wildman–Crippen MR) is 112 cm³/mol. The highest BCUT2D eigenvalue weighted by Crippen LogP contribution is 2.29. The second kappa shape index (κ2) is 8.17. The van der Waals surface area contributed by atoms with E-state index in [1.807, 2.05) is 26.0 Å². The van der Waals surface area contributed by atoms with Crippen molar-refractivity contribution in [3.05, 3.63) is 88.5 Å². The van der Waals surface area contributed by atoms with E-state index in [1.165, 1.54) is 12.5 Å². The van der Waals surface area contributed by atoms with Crippen molar-refractivity contribution in [1.82, 2.24) is 0 Å². The molecule has 3 aromatic rings. The lowest BCUT2D eigenvalue weighted by Crippen LogP contribution is -2.22. The summed E-state index contributed by atoms with van der Waals surface area (Å²) in [4.78, 5) is 14.0. The Morgan fingerprint density at radius 1 is 0.821 bits per heavy atom. The summed E-state index contributed by atoms with van der Waals surface area (Å²) in [6.07, 6.45) is 0. The van der Waals surface area contributed by atoms with E-state index < -0.39 is 0 Å². The minimum Gasteiger partial charge on any atom is -0.508 e. The molecular formula is C24H25NO3. The summed E-state index contributed by atoms with van der Waals surface area (Å²) in [5.74, 6) is 0.0306. The molecule has 0 saturated heterocycles. The van der Waals surface area contributed by atoms with E-state index in [4.69, 9.17) is 0 Å². The minimum absolute atomic E-state index is 0.0232. The molecule has 0 unspecified atom stereocenters. The van der Waals surface area contributed by atoms with E-state index in [1.54, 1.807) is 24.3 Å². The number of benzene rings is 3. The summed E-state index contributed by atoms with van der Waals surface area (Å²) in [6, 6.07) is 18.9. The summed E-state index contributed by atoms with van der Waals surface area (Å²) >= 11 is 0. The molecule has 0 aliphatic rings. The Hall–Kier alpha value is -3.27. The average molecular weight is 375 g/mol. The van der Waals surface area contributed by atoms with Crippen LogP contribution in [0.25, 0.3) is 0 Å². The molecule has 28 heavy (non-hydrogen) atoms. The lowest BCUT2D eigenvalue weighted by Gasteiger charge is -2.26. The SMILES string of the molecule is CC(=O)c1cc(N(Cc2ccc(C)cc2)Cc2cc(C)ccc2O)ccc1O. The first-order chi connectivity index (χ1) is 13.3. The van der Waals surface area contributed by atoms with Gasteiger partial charge < -0.3 is 15.1 Å². The quantitative estimate of drug-likeness (QED) is 0.587. The number of rotatable bonds is 6. The first kappa shape index (κ1) is 19.5. The highest BCUT2D eigenvalue weighted by Gasteiger charge is 2.15. The van der Waals surface area contributed by atoms with Gasteiger partial charge in [0.15, 0.2) is 5.78 Å². The van der Waals surface area contributed by atoms with Crippen molar-refractivity contribution < 1.29 is 15.0 Å². The van der Waals surface area contributed by atoms with Gasteiger partial charge in [0, 0.05) is 24.3 Å². The van der Waals surface area contributed by atoms with Crippen LogP contribution in [-0.4, -0.2) is 16.0 Å². The van der Waals surface area contributed by atoms with E-state index in [0.29, 0.717) is 18.7 Å². The number of carbonyl (C=O) groups excluding carboxylic acids is 1. The fourth-order valence-corrected chi connectivity index (χ4v) is 3.20. The lowest BCUT2D eigenvalue weighted by molar-refractivity contribution is 0.101. The monoisotopic (exact) mass is 375 g/mol. The van der Waals surface area contributed by atoms with Crippen LogP contribution in [0.3, 0.4) is 0 Å². The topological polar surface area (TPSA) is 60.8 Å². The van der Waals surface area contributed by atoms with Gasteiger partial charge in [0.05, 0.1) is 5.56 Å². The zero-order chi connectivity index (χ0) is 20.3. The number of hydrogen-bond donors (Lipinski definition) is 2. The van der Waals surface area contributed by atoms with Gasteiger partial charge in [-0.2, -0.15) is 0 Å². The van der Waals surface area contributed by atoms with E-state index in [-0.39, 0.29) is 17.3 Å². The summed E-state index contributed by atoms with van der Waals surface area (Å²) in [5.41, 5.74) is 5.29. The van der Waals surface area contributed by atoms with E-state index in [2.05, 4.69) is 29.2 Å². The molecular weight excluding hydrogens is 350 g/mol. The molecule has 0 saturated carbocycles. The largest absolute Gasteiger partial charge is 0.508 e. The van der Waals surface area contributed by atoms with Gasteiger partial charge in [-0.3, -0.25) is 4.79 Å². The van der Waals surface area contributed by atoms with Crippen LogP contribution >= 0.6 is 0 Å². The number of aryl methyl sites for hydroxylation is 2. The molecule has 0 spiro atoms. The molecule has 0 atom stereocenters. The highest BCUT2D eigenvalue weighted by atomic mass is 16.3. The van der Waals surface area contributed by atoms with Crippen LogP contribution in [0.2, 0.25) is 0 Å². The molecule has 0 aromatic heterocycles. The molecule has 0 bridgehead atoms. The normalized spacial score (nSPS) is 10.7. The molecule has 0 amide bonds. The van der Waals surface area contributed by atoms with Crippen molar-refractivity contribution >= 4 is 11.5 Å². The molecule has 0 heterocycles. The molecule has 0 radical (unpaired) electrons. The predicted octanol–water partition coefficient (Wildman–Crippen LogP) is 5.12. The number of anilines is 1. The van der Waals surface area contributed by atoms with Crippen LogP contribution in [0.15, 0.2) is 60.7 Å². The molecule has 0 aliphatic carbocycles. The number of hydrogen-bond acceptors (Lipinski definition) is 4. The summed E-state index contributed by atoms with van der Waals surface area (Å²) in [7, 11) is 0. The number of ketones is 1. The zero-order valence-corrected chi connectivity index (χ0v) is 16.4. The van der Waals surface area contributed by atoms with Gasteiger partial charge in [0.1, 0.15) is 11.5 Å². The second-order valence-corrected chi connectivity index (χ2v) is 7.23. The zero-order valence-electron chi connectivity index (χ0n) is 16.4. The average Bonchev–Trinajstić information content (AvgIpc) is 2.66. The molecule has 0 aliphatic heterocycles. The van der Waals surface area contributed by atoms with Crippen molar-refractivity contribution in [2.24, 2.45) is 0 Å². The first-order valence-electron chi connectivity index (χ1n) is 9.26. The van der Waals surface area contributed by atoms with Gasteiger partial charge in [-0.15, -0.1) is 0 Å². The number of carbonyl (C=O) groups is 1. The third kappa shape index (κ3) is 4.52. The molecule has 4 heteroatoms. The molecule has 3 aromatic carbocycles. The number of phenolic OH excluding ortho intramolecular Hbond substituents is 2. The number of Topliss-reactive ketones (excluding diaryl/α,β-unsaturated/α-hetero) is 1. The van der Waals surface area contributed by atoms with Crippen molar-refractivity contribution in [2.45, 2.75) is 33.9 Å². The first-order valence-corrected chi connectivity index (χ1v) is 9.26. The third-order valence-corrected chi connectivity index (χ3v) is 4.81. The van der Waals surface area contributed by atoms with Crippen molar-refractivity contribution in [3.8, 4) is 11.5 Å². The molecule has 4 nitrogen and oxygen atoms in total. The van der Waals surface area contributed by atoms with Crippen LogP contribution in [0.4, 0.5) is 5.69 Å². The Labute approximate surface area is 165 Å². The molecule has 2 N–H and O–H groups in total. The van der Waals surface area contributed by atoms with Gasteiger partial charge in [-0.1, -0.05) is 47.5 Å². The summed E-state index contributed by atoms with van der Waals surface area (Å²) in [6.45, 7) is 6.56. The Kier molecular flexibility index (Phi) is 5.69. The Morgan fingerprint density at radius 2 is 1.46 bits per heavy atom. The lowest BCUT2D eigenvalue weighted by atomic mass is 10.1. The van der Waals surface area contributed by atoms with Gasteiger partial charge in [-0.05, 0) is 50.6 Å². The molecule has 0 fully saturated rings.